The zero-order valence-electron chi connectivity index (χ0n) is 25.7. The molecular weight excluding hydrogens is 442 g/mol. The minimum absolute atomic E-state index is 0.968. The molecule has 2 fully saturated rings. The molecule has 4 aliphatic rings. The lowest BCUT2D eigenvalue weighted by Gasteiger charge is -2.13. The largest absolute Gasteiger partial charge is 0.306 e. The minimum Gasteiger partial charge on any atom is -0.306 e. The highest BCUT2D eigenvalue weighted by molar-refractivity contribution is 5.01. The summed E-state index contributed by atoms with van der Waals surface area (Å²) in [7, 11) is 11.0. The Labute approximate surface area is 226 Å². The average molecular weight is 506 g/mol. The predicted octanol–water partition coefficient (Wildman–Crippen LogP) is 5.31. The Balaban J connectivity index is 0.000000240. The number of allylic oxidation sites excluding steroid dienone is 1. The number of hydrogen-bond acceptors (Lipinski definition) is 5. The molecule has 0 aromatic rings. The standard InChI is InChI=1S/C8H17N.2C8H15N.C7H16N2/c3*1-8-4-3-6-9(2)7-5-8;1-8-4-3-5-9(2)7-6-8/h8H,3-7H2,1-2H3;5H,3-4,6-7H2,1-2H3;4H,3,5-7H2,1-2H3;3-7H2,1-2H3. The molecule has 4 aliphatic heterocycles. The van der Waals surface area contributed by atoms with E-state index in [1.165, 1.54) is 110 Å². The van der Waals surface area contributed by atoms with Gasteiger partial charge in [0.1, 0.15) is 0 Å². The van der Waals surface area contributed by atoms with E-state index in [0.717, 1.165) is 12.5 Å². The SMILES string of the molecule is CC1=CCCN(C)CC1.CC1=CCN(C)CCC1.CC1CCCN(C)CC1.CN1CCCN(C)CC1. The highest BCUT2D eigenvalue weighted by Crippen LogP contribution is 2.14. The number of hydrogen-bond donors (Lipinski definition) is 0. The van der Waals surface area contributed by atoms with Crippen LogP contribution in [0.3, 0.4) is 0 Å². The summed E-state index contributed by atoms with van der Waals surface area (Å²) in [6.07, 6.45) is 15.4. The lowest BCUT2D eigenvalue weighted by molar-refractivity contribution is 0.320. The van der Waals surface area contributed by atoms with Gasteiger partial charge in [0.25, 0.3) is 0 Å². The summed E-state index contributed by atoms with van der Waals surface area (Å²) in [5.74, 6) is 0.968. The molecule has 0 spiro atoms. The first-order chi connectivity index (χ1) is 17.2. The molecule has 0 bridgehead atoms. The Hall–Kier alpha value is -0.720. The highest BCUT2D eigenvalue weighted by atomic mass is 15.2. The number of likely N-dealkylation sites (tertiary alicyclic amines) is 1. The van der Waals surface area contributed by atoms with E-state index in [-0.39, 0.29) is 0 Å². The molecule has 1 unspecified atom stereocenters. The molecule has 5 nitrogen and oxygen atoms in total. The quantitative estimate of drug-likeness (QED) is 0.414. The summed E-state index contributed by atoms with van der Waals surface area (Å²) in [4.78, 5) is 12.0. The smallest absolute Gasteiger partial charge is 0.0162 e. The van der Waals surface area contributed by atoms with Gasteiger partial charge in [-0.05, 0) is 139 Å². The van der Waals surface area contributed by atoms with Gasteiger partial charge < -0.3 is 24.5 Å². The highest BCUT2D eigenvalue weighted by Gasteiger charge is 2.09. The molecule has 36 heavy (non-hydrogen) atoms. The molecule has 1 atom stereocenters. The van der Waals surface area contributed by atoms with Crippen LogP contribution in [-0.4, -0.2) is 125 Å². The number of rotatable bonds is 0. The van der Waals surface area contributed by atoms with Crippen molar-refractivity contribution in [3.63, 3.8) is 0 Å². The first-order valence-corrected chi connectivity index (χ1v) is 14.9. The Morgan fingerprint density at radius 2 is 1.08 bits per heavy atom. The molecule has 4 heterocycles. The summed E-state index contributed by atoms with van der Waals surface area (Å²) in [5, 5.41) is 0. The fraction of sp³-hybridized carbons (Fsp3) is 0.871. The van der Waals surface area contributed by atoms with Crippen LogP contribution >= 0.6 is 0 Å². The van der Waals surface area contributed by atoms with Crippen LogP contribution in [0.15, 0.2) is 23.3 Å². The van der Waals surface area contributed by atoms with Gasteiger partial charge in [-0.2, -0.15) is 0 Å². The van der Waals surface area contributed by atoms with Crippen LogP contribution in [-0.2, 0) is 0 Å². The normalized spacial score (nSPS) is 26.1. The average Bonchev–Trinajstić information content (AvgIpc) is 3.32. The zero-order valence-corrected chi connectivity index (χ0v) is 25.7. The number of likely N-dealkylation sites (N-methyl/N-ethyl adjacent to an activating group) is 3. The van der Waals surface area contributed by atoms with Gasteiger partial charge in [0, 0.05) is 32.7 Å². The third kappa shape index (κ3) is 18.5. The van der Waals surface area contributed by atoms with E-state index in [9.17, 15) is 0 Å². The maximum atomic E-state index is 2.43. The van der Waals surface area contributed by atoms with Gasteiger partial charge in [-0.15, -0.1) is 0 Å². The van der Waals surface area contributed by atoms with Gasteiger partial charge in [-0.3, -0.25) is 0 Å². The van der Waals surface area contributed by atoms with Crippen molar-refractivity contribution in [3.8, 4) is 0 Å². The van der Waals surface area contributed by atoms with Crippen LogP contribution < -0.4 is 0 Å². The van der Waals surface area contributed by atoms with Gasteiger partial charge >= 0.3 is 0 Å². The number of nitrogens with zero attached hydrogens (tertiary/aromatic N) is 5. The molecule has 0 aliphatic carbocycles. The lowest BCUT2D eigenvalue weighted by atomic mass is 10.0. The van der Waals surface area contributed by atoms with E-state index in [2.05, 4.69) is 92.7 Å². The van der Waals surface area contributed by atoms with Crippen molar-refractivity contribution in [2.75, 3.05) is 101 Å². The van der Waals surface area contributed by atoms with Crippen molar-refractivity contribution in [1.29, 1.82) is 0 Å². The zero-order chi connectivity index (χ0) is 26.8. The summed E-state index contributed by atoms with van der Waals surface area (Å²) < 4.78 is 0. The van der Waals surface area contributed by atoms with E-state index < -0.39 is 0 Å². The van der Waals surface area contributed by atoms with Gasteiger partial charge in [-0.25, -0.2) is 0 Å². The first kappa shape index (κ1) is 33.3. The molecular formula is C31H63N5. The van der Waals surface area contributed by atoms with Gasteiger partial charge in [-0.1, -0.05) is 30.2 Å². The first-order valence-electron chi connectivity index (χ1n) is 14.9. The lowest BCUT2D eigenvalue weighted by Crippen LogP contribution is -2.25. The topological polar surface area (TPSA) is 16.2 Å². The van der Waals surface area contributed by atoms with Crippen LogP contribution in [0.2, 0.25) is 0 Å². The second-order valence-corrected chi connectivity index (χ2v) is 12.1. The molecule has 2 saturated heterocycles. The van der Waals surface area contributed by atoms with E-state index in [4.69, 9.17) is 0 Å². The van der Waals surface area contributed by atoms with Crippen LogP contribution in [0.4, 0.5) is 0 Å². The Kier molecular flexibility index (Phi) is 18.8. The minimum atomic E-state index is 0.968. The van der Waals surface area contributed by atoms with Crippen molar-refractivity contribution >= 4 is 0 Å². The summed E-state index contributed by atoms with van der Waals surface area (Å²) in [5.41, 5.74) is 3.11. The van der Waals surface area contributed by atoms with Crippen LogP contribution in [0.5, 0.6) is 0 Å². The van der Waals surface area contributed by atoms with E-state index in [1.807, 2.05) is 0 Å². The monoisotopic (exact) mass is 506 g/mol. The Morgan fingerprint density at radius 1 is 0.528 bits per heavy atom. The summed E-state index contributed by atoms with van der Waals surface area (Å²) in [6, 6.07) is 0. The Morgan fingerprint density at radius 3 is 1.78 bits per heavy atom. The molecule has 212 valence electrons. The van der Waals surface area contributed by atoms with Gasteiger partial charge in [0.05, 0.1) is 0 Å². The second kappa shape index (κ2) is 20.3. The third-order valence-electron chi connectivity index (χ3n) is 7.94. The molecule has 5 heteroatoms. The van der Waals surface area contributed by atoms with E-state index in [1.54, 1.807) is 11.1 Å². The van der Waals surface area contributed by atoms with Crippen molar-refractivity contribution in [2.24, 2.45) is 5.92 Å². The van der Waals surface area contributed by atoms with Crippen molar-refractivity contribution in [2.45, 2.75) is 72.1 Å². The predicted molar refractivity (Wildman–Crippen MR) is 161 cm³/mol. The maximum Gasteiger partial charge on any atom is 0.0162 e. The van der Waals surface area contributed by atoms with Crippen molar-refractivity contribution in [3.05, 3.63) is 23.3 Å². The molecule has 0 aromatic carbocycles. The van der Waals surface area contributed by atoms with Crippen molar-refractivity contribution in [1.82, 2.24) is 24.5 Å². The summed E-state index contributed by atoms with van der Waals surface area (Å²) >= 11 is 0. The Bertz CT molecular complexity index is 560. The van der Waals surface area contributed by atoms with Crippen LogP contribution in [0, 0.1) is 5.92 Å². The molecule has 0 N–H and O–H groups in total. The molecule has 0 amide bonds. The van der Waals surface area contributed by atoms with E-state index >= 15 is 0 Å². The molecule has 0 radical (unpaired) electrons. The second-order valence-electron chi connectivity index (χ2n) is 12.1. The van der Waals surface area contributed by atoms with Crippen molar-refractivity contribution < 1.29 is 0 Å². The molecule has 0 aromatic heterocycles. The molecule has 4 rings (SSSR count). The van der Waals surface area contributed by atoms with Gasteiger partial charge in [0.15, 0.2) is 0 Å². The van der Waals surface area contributed by atoms with Crippen LogP contribution in [0.25, 0.3) is 0 Å². The third-order valence-corrected chi connectivity index (χ3v) is 7.94. The maximum absolute atomic E-state index is 2.43. The fourth-order valence-electron chi connectivity index (χ4n) is 4.83. The van der Waals surface area contributed by atoms with E-state index in [0.29, 0.717) is 0 Å². The molecule has 0 saturated carbocycles. The summed E-state index contributed by atoms with van der Waals surface area (Å²) in [6.45, 7) is 19.3. The van der Waals surface area contributed by atoms with Gasteiger partial charge in [0.2, 0.25) is 0 Å². The fourth-order valence-corrected chi connectivity index (χ4v) is 4.83. The van der Waals surface area contributed by atoms with Crippen LogP contribution in [0.1, 0.15) is 72.1 Å².